The first-order valence-electron chi connectivity index (χ1n) is 3.83. The fraction of sp³-hybridized carbons (Fsp3) is 0.750. The van der Waals surface area contributed by atoms with Gasteiger partial charge in [0, 0.05) is 0 Å². The summed E-state index contributed by atoms with van der Waals surface area (Å²) in [7, 11) is 0. The van der Waals surface area contributed by atoms with E-state index in [0.29, 0.717) is 5.90 Å². The molecule has 68 valence electrons. The standard InChI is InChI=1S/C8H12BrNO2/c1-5(9)7-10-8(2,3)6(4-11)12-7/h4-6H,1-3H3. The number of aliphatic imine (C=N–C) groups is 1. The first-order chi connectivity index (χ1) is 5.47. The first-order valence-corrected chi connectivity index (χ1v) is 4.74. The van der Waals surface area contributed by atoms with Crippen molar-refractivity contribution in [3.63, 3.8) is 0 Å². The SMILES string of the molecule is CC(Br)C1=NC(C)(C)C(C=O)O1. The molecule has 4 heteroatoms. The third kappa shape index (κ3) is 1.68. The maximum absolute atomic E-state index is 10.6. The summed E-state index contributed by atoms with van der Waals surface area (Å²) in [5, 5.41) is 0. The summed E-state index contributed by atoms with van der Waals surface area (Å²) in [5.74, 6) is 0.608. The Hall–Kier alpha value is -0.380. The molecule has 1 heterocycles. The molecule has 12 heavy (non-hydrogen) atoms. The third-order valence-electron chi connectivity index (χ3n) is 1.81. The average molecular weight is 234 g/mol. The quantitative estimate of drug-likeness (QED) is 0.537. The van der Waals surface area contributed by atoms with Gasteiger partial charge in [0.05, 0.1) is 4.83 Å². The number of aldehydes is 1. The molecule has 0 radical (unpaired) electrons. The zero-order valence-electron chi connectivity index (χ0n) is 7.37. The smallest absolute Gasteiger partial charge is 0.198 e. The number of hydrogen-bond acceptors (Lipinski definition) is 3. The lowest BCUT2D eigenvalue weighted by Gasteiger charge is -2.16. The van der Waals surface area contributed by atoms with Crippen molar-refractivity contribution in [3.8, 4) is 0 Å². The highest BCUT2D eigenvalue weighted by molar-refractivity contribution is 9.10. The number of carbonyl (C=O) groups excluding carboxylic acids is 1. The number of nitrogens with zero attached hydrogens (tertiary/aromatic N) is 1. The lowest BCUT2D eigenvalue weighted by atomic mass is 10.0. The molecule has 0 amide bonds. The number of carbonyl (C=O) groups is 1. The third-order valence-corrected chi connectivity index (χ3v) is 2.20. The summed E-state index contributed by atoms with van der Waals surface area (Å²) >= 11 is 3.34. The Kier molecular flexibility index (Phi) is 2.56. The average Bonchev–Trinajstić information content (AvgIpc) is 2.25. The maximum atomic E-state index is 10.6. The van der Waals surface area contributed by atoms with Crippen LogP contribution in [-0.2, 0) is 9.53 Å². The first kappa shape index (κ1) is 9.71. The van der Waals surface area contributed by atoms with E-state index in [1.54, 1.807) is 0 Å². The molecule has 3 nitrogen and oxygen atoms in total. The Balaban J connectivity index is 2.81. The van der Waals surface area contributed by atoms with Crippen LogP contribution < -0.4 is 0 Å². The van der Waals surface area contributed by atoms with Crippen molar-refractivity contribution in [1.82, 2.24) is 0 Å². The summed E-state index contributed by atoms with van der Waals surface area (Å²) in [6.07, 6.45) is 0.360. The van der Waals surface area contributed by atoms with Crippen LogP contribution in [0.15, 0.2) is 4.99 Å². The molecule has 0 N–H and O–H groups in total. The molecule has 0 aromatic heterocycles. The van der Waals surface area contributed by atoms with Crippen molar-refractivity contribution in [3.05, 3.63) is 0 Å². The molecule has 0 aliphatic carbocycles. The normalized spacial score (nSPS) is 29.0. The minimum atomic E-state index is -0.438. The zero-order chi connectivity index (χ0) is 9.35. The van der Waals surface area contributed by atoms with Crippen LogP contribution >= 0.6 is 15.9 Å². The second kappa shape index (κ2) is 3.17. The zero-order valence-corrected chi connectivity index (χ0v) is 8.96. The molecule has 1 rings (SSSR count). The Bertz CT molecular complexity index is 223. The molecule has 0 spiro atoms. The highest BCUT2D eigenvalue weighted by atomic mass is 79.9. The maximum Gasteiger partial charge on any atom is 0.198 e. The molecule has 2 atom stereocenters. The predicted molar refractivity (Wildman–Crippen MR) is 50.8 cm³/mol. The Morgan fingerprint density at radius 1 is 1.75 bits per heavy atom. The summed E-state index contributed by atoms with van der Waals surface area (Å²) in [5.41, 5.74) is -0.418. The van der Waals surface area contributed by atoms with E-state index < -0.39 is 11.6 Å². The number of rotatable bonds is 2. The lowest BCUT2D eigenvalue weighted by Crippen LogP contribution is -2.32. The lowest BCUT2D eigenvalue weighted by molar-refractivity contribution is -0.115. The molecule has 0 aromatic carbocycles. The van der Waals surface area contributed by atoms with Gasteiger partial charge in [-0.05, 0) is 20.8 Å². The van der Waals surface area contributed by atoms with E-state index in [1.165, 1.54) is 0 Å². The van der Waals surface area contributed by atoms with Crippen molar-refractivity contribution in [2.45, 2.75) is 37.2 Å². The van der Waals surface area contributed by atoms with E-state index in [0.717, 1.165) is 6.29 Å². The monoisotopic (exact) mass is 233 g/mol. The van der Waals surface area contributed by atoms with Gasteiger partial charge in [-0.3, -0.25) is 4.79 Å². The van der Waals surface area contributed by atoms with Crippen molar-refractivity contribution in [1.29, 1.82) is 0 Å². The van der Waals surface area contributed by atoms with E-state index in [-0.39, 0.29) is 4.83 Å². The number of halogens is 1. The fourth-order valence-corrected chi connectivity index (χ4v) is 1.24. The van der Waals surface area contributed by atoms with E-state index >= 15 is 0 Å². The molecule has 0 fully saturated rings. The molecule has 0 aromatic rings. The second-order valence-electron chi connectivity index (χ2n) is 3.39. The number of hydrogen-bond donors (Lipinski definition) is 0. The van der Waals surface area contributed by atoms with Crippen LogP contribution in [0, 0.1) is 0 Å². The van der Waals surface area contributed by atoms with Crippen molar-refractivity contribution >= 4 is 28.1 Å². The van der Waals surface area contributed by atoms with E-state index in [4.69, 9.17) is 4.74 Å². The number of ether oxygens (including phenoxy) is 1. The summed E-state index contributed by atoms with van der Waals surface area (Å²) in [6, 6.07) is 0. The van der Waals surface area contributed by atoms with Crippen molar-refractivity contribution in [2.24, 2.45) is 4.99 Å². The molecule has 1 aliphatic heterocycles. The highest BCUT2D eigenvalue weighted by Crippen LogP contribution is 2.26. The van der Waals surface area contributed by atoms with Gasteiger partial charge in [-0.2, -0.15) is 0 Å². The fourth-order valence-electron chi connectivity index (χ4n) is 1.03. The van der Waals surface area contributed by atoms with E-state index in [2.05, 4.69) is 20.9 Å². The Morgan fingerprint density at radius 3 is 2.58 bits per heavy atom. The Morgan fingerprint density at radius 2 is 2.33 bits per heavy atom. The van der Waals surface area contributed by atoms with Gasteiger partial charge in [0.25, 0.3) is 0 Å². The van der Waals surface area contributed by atoms with Crippen molar-refractivity contribution < 1.29 is 9.53 Å². The van der Waals surface area contributed by atoms with Gasteiger partial charge in [-0.15, -0.1) is 0 Å². The van der Waals surface area contributed by atoms with Crippen LogP contribution in [0.1, 0.15) is 20.8 Å². The van der Waals surface area contributed by atoms with Crippen molar-refractivity contribution in [2.75, 3.05) is 0 Å². The molecule has 2 unspecified atom stereocenters. The van der Waals surface area contributed by atoms with Gasteiger partial charge in [0.15, 0.2) is 18.3 Å². The van der Waals surface area contributed by atoms with E-state index in [9.17, 15) is 4.79 Å². The Labute approximate surface area is 80.3 Å². The van der Waals surface area contributed by atoms with Crippen LogP contribution in [0.4, 0.5) is 0 Å². The molecular formula is C8H12BrNO2. The van der Waals surface area contributed by atoms with Gasteiger partial charge in [0.1, 0.15) is 5.54 Å². The van der Waals surface area contributed by atoms with E-state index in [1.807, 2.05) is 20.8 Å². The molecular weight excluding hydrogens is 222 g/mol. The van der Waals surface area contributed by atoms with Crippen LogP contribution in [0.3, 0.4) is 0 Å². The predicted octanol–water partition coefficient (Wildman–Crippen LogP) is 1.54. The topological polar surface area (TPSA) is 38.7 Å². The van der Waals surface area contributed by atoms with Gasteiger partial charge in [-0.25, -0.2) is 4.99 Å². The second-order valence-corrected chi connectivity index (χ2v) is 4.77. The van der Waals surface area contributed by atoms with Crippen LogP contribution in [0.5, 0.6) is 0 Å². The molecule has 0 bridgehead atoms. The van der Waals surface area contributed by atoms with Crippen LogP contribution in [0.2, 0.25) is 0 Å². The summed E-state index contributed by atoms with van der Waals surface area (Å²) < 4.78 is 5.32. The van der Waals surface area contributed by atoms with Gasteiger partial charge < -0.3 is 4.74 Å². The summed E-state index contributed by atoms with van der Waals surface area (Å²) in [4.78, 5) is 14.9. The molecule has 0 saturated carbocycles. The minimum absolute atomic E-state index is 0.0710. The minimum Gasteiger partial charge on any atom is -0.467 e. The number of alkyl halides is 1. The summed E-state index contributed by atoms with van der Waals surface area (Å²) in [6.45, 7) is 5.69. The van der Waals surface area contributed by atoms with Gasteiger partial charge in [-0.1, -0.05) is 15.9 Å². The highest BCUT2D eigenvalue weighted by Gasteiger charge is 2.38. The molecule has 0 saturated heterocycles. The van der Waals surface area contributed by atoms with Crippen LogP contribution in [0.25, 0.3) is 0 Å². The largest absolute Gasteiger partial charge is 0.467 e. The molecule has 1 aliphatic rings. The van der Waals surface area contributed by atoms with Crippen LogP contribution in [-0.4, -0.2) is 28.7 Å². The van der Waals surface area contributed by atoms with Gasteiger partial charge >= 0.3 is 0 Å². The van der Waals surface area contributed by atoms with Gasteiger partial charge in [0.2, 0.25) is 0 Å².